The van der Waals surface area contributed by atoms with Crippen LogP contribution in [-0.4, -0.2) is 123 Å². The lowest BCUT2D eigenvalue weighted by molar-refractivity contribution is -0.342. The van der Waals surface area contributed by atoms with Gasteiger partial charge < -0.3 is 64.6 Å². The SMILES string of the molecule is CC(=O)C(C)CCCCOC1OC(COP)[C@@H](O[C@@H]2OC(COP)[C@H](O[C@H]3OC(COP)[C@H](OP)[C@H](OP)C3P=O)[C@H](OP)C2P=O)[C@H](OP)C1OP. The van der Waals surface area contributed by atoms with Crippen molar-refractivity contribution in [2.75, 3.05) is 26.4 Å². The van der Waals surface area contributed by atoms with Crippen molar-refractivity contribution in [2.24, 2.45) is 5.92 Å². The number of ketones is 1. The number of hydrogen-bond donors (Lipinski definition) is 0. The van der Waals surface area contributed by atoms with E-state index >= 15 is 0 Å². The molecule has 0 aromatic heterocycles. The molecule has 3 saturated heterocycles. The Hall–Kier alpha value is 2.75. The van der Waals surface area contributed by atoms with Crippen molar-refractivity contribution in [3.8, 4) is 0 Å². The zero-order valence-corrected chi connectivity index (χ0v) is 40.2. The first-order valence-corrected chi connectivity index (χ1v) is 21.9. The fourth-order valence-corrected chi connectivity index (χ4v) is 9.91. The Bertz CT molecular complexity index is 1100. The molecule has 3 heterocycles. The molecule has 0 amide bonds. The molecular formula is C26H52O17P10. The summed E-state index contributed by atoms with van der Waals surface area (Å²) in [6, 6.07) is 0. The molecule has 0 aliphatic carbocycles. The maximum Gasteiger partial charge on any atom is 0.187 e. The van der Waals surface area contributed by atoms with Gasteiger partial charge in [0.15, 0.2) is 35.8 Å². The summed E-state index contributed by atoms with van der Waals surface area (Å²) in [6.45, 7) is 3.91. The van der Waals surface area contributed by atoms with Gasteiger partial charge in [0, 0.05) is 88.3 Å². The Morgan fingerprint density at radius 2 is 1.00 bits per heavy atom. The molecule has 308 valence electrons. The van der Waals surface area contributed by atoms with E-state index in [-0.39, 0.29) is 40.0 Å². The molecule has 3 aliphatic rings. The number of rotatable bonds is 24. The second kappa shape index (κ2) is 26.9. The first kappa shape index (κ1) is 50.1. The van der Waals surface area contributed by atoms with E-state index in [0.717, 1.165) is 12.8 Å². The van der Waals surface area contributed by atoms with Gasteiger partial charge in [0.05, 0.1) is 19.8 Å². The van der Waals surface area contributed by atoms with Crippen molar-refractivity contribution >= 4 is 98.4 Å². The van der Waals surface area contributed by atoms with Crippen molar-refractivity contribution in [1.29, 1.82) is 0 Å². The van der Waals surface area contributed by atoms with Gasteiger partial charge in [-0.15, -0.1) is 0 Å². The van der Waals surface area contributed by atoms with E-state index in [0.29, 0.717) is 13.0 Å². The van der Waals surface area contributed by atoms with Gasteiger partial charge in [-0.2, -0.15) is 0 Å². The minimum absolute atomic E-state index is 0.0206. The molecule has 17 nitrogen and oxygen atoms in total. The molecule has 53 heavy (non-hydrogen) atoms. The van der Waals surface area contributed by atoms with Crippen molar-refractivity contribution < 1.29 is 78.5 Å². The van der Waals surface area contributed by atoms with Crippen LogP contribution in [0, 0.1) is 5.92 Å². The quantitative estimate of drug-likeness (QED) is 0.100. The average Bonchev–Trinajstić information content (AvgIpc) is 3.15. The first-order chi connectivity index (χ1) is 25.6. The summed E-state index contributed by atoms with van der Waals surface area (Å²) in [7, 11) is 16.7. The van der Waals surface area contributed by atoms with E-state index < -0.39 is 99.7 Å². The van der Waals surface area contributed by atoms with E-state index in [2.05, 4.69) is 75.7 Å². The molecule has 16 unspecified atom stereocenters. The molecule has 0 aromatic rings. The minimum atomic E-state index is -1.20. The fourth-order valence-electron chi connectivity index (χ4n) is 6.30. The van der Waals surface area contributed by atoms with Crippen molar-refractivity contribution in [3.05, 3.63) is 0 Å². The summed E-state index contributed by atoms with van der Waals surface area (Å²) in [5.74, 6) is 0.130. The molecule has 0 bridgehead atoms. The van der Waals surface area contributed by atoms with Crippen LogP contribution in [-0.2, 0) is 78.5 Å². The van der Waals surface area contributed by atoms with Gasteiger partial charge in [0.2, 0.25) is 0 Å². The Balaban J connectivity index is 1.85. The van der Waals surface area contributed by atoms with Crippen molar-refractivity contribution in [3.63, 3.8) is 0 Å². The molecule has 0 radical (unpaired) electrons. The average molecular weight is 946 g/mol. The van der Waals surface area contributed by atoms with E-state index in [4.69, 9.17) is 64.6 Å². The third kappa shape index (κ3) is 13.6. The van der Waals surface area contributed by atoms with Crippen LogP contribution >= 0.6 is 92.7 Å². The summed E-state index contributed by atoms with van der Waals surface area (Å²) in [4.78, 5) is 11.6. The minimum Gasteiger partial charge on any atom is -0.363 e. The monoisotopic (exact) mass is 946 g/mol. The number of ether oxygens (including phenoxy) is 6. The predicted octanol–water partition coefficient (Wildman–Crippen LogP) is 3.96. The van der Waals surface area contributed by atoms with Crippen LogP contribution in [0.25, 0.3) is 0 Å². The Labute approximate surface area is 332 Å². The molecule has 27 heteroatoms. The van der Waals surface area contributed by atoms with Crippen LogP contribution in [0.4, 0.5) is 0 Å². The maximum absolute atomic E-state index is 13.0. The van der Waals surface area contributed by atoms with Crippen LogP contribution in [0.15, 0.2) is 0 Å². The third-order valence-electron chi connectivity index (χ3n) is 9.22. The summed E-state index contributed by atoms with van der Waals surface area (Å²) < 4.78 is 108. The summed E-state index contributed by atoms with van der Waals surface area (Å²) >= 11 is 0. The van der Waals surface area contributed by atoms with E-state index in [1.807, 2.05) is 6.92 Å². The molecule has 24 atom stereocenters. The van der Waals surface area contributed by atoms with Crippen molar-refractivity contribution in [1.82, 2.24) is 0 Å². The highest BCUT2D eigenvalue weighted by Gasteiger charge is 2.56. The number of Topliss-reactive ketones (excluding diaryl/α,β-unsaturated/α-hetero) is 1. The highest BCUT2D eigenvalue weighted by molar-refractivity contribution is 7.25. The van der Waals surface area contributed by atoms with Gasteiger partial charge in [-0.25, -0.2) is 0 Å². The Kier molecular flexibility index (Phi) is 25.4. The van der Waals surface area contributed by atoms with Gasteiger partial charge in [0.1, 0.15) is 78.1 Å². The highest BCUT2D eigenvalue weighted by Crippen LogP contribution is 2.42. The largest absolute Gasteiger partial charge is 0.363 e. The Morgan fingerprint density at radius 1 is 0.585 bits per heavy atom. The van der Waals surface area contributed by atoms with Gasteiger partial charge in [0.25, 0.3) is 0 Å². The smallest absolute Gasteiger partial charge is 0.187 e. The lowest BCUT2D eigenvalue weighted by Crippen LogP contribution is -2.65. The molecule has 3 aliphatic heterocycles. The predicted molar refractivity (Wildman–Crippen MR) is 218 cm³/mol. The highest BCUT2D eigenvalue weighted by atomic mass is 31.1. The lowest BCUT2D eigenvalue weighted by Gasteiger charge is -2.49. The van der Waals surface area contributed by atoms with Crippen LogP contribution in [0.1, 0.15) is 33.1 Å². The second-order valence-electron chi connectivity index (χ2n) is 12.4. The van der Waals surface area contributed by atoms with Crippen LogP contribution < -0.4 is 0 Å². The van der Waals surface area contributed by atoms with Gasteiger partial charge in [-0.05, 0) is 19.8 Å². The normalized spacial score (nSPS) is 38.6. The number of unbranched alkanes of at least 4 members (excludes halogenated alkanes) is 1. The summed E-state index contributed by atoms with van der Waals surface area (Å²) in [6.07, 6.45) is -9.27. The Morgan fingerprint density at radius 3 is 1.42 bits per heavy atom. The van der Waals surface area contributed by atoms with Gasteiger partial charge in [-0.3, -0.25) is 13.9 Å². The molecular weight excluding hydrogens is 894 g/mol. The van der Waals surface area contributed by atoms with E-state index in [1.54, 1.807) is 6.92 Å². The standard InChI is InChI=1S/C26H52O17P10/c1-10(11(2)27)5-3-4-6-30-24-21(43-51)18(40-48)15(12(34-24)7-31-44)37-25-22(52-28)19(41-49)16(13(35-25)8-32-45)38-26-23(53-29)20(42-50)17(39-47)14(36-26)9-33-46/h10,12-26H,3-9,44-51H2,1-2H3/t10?,12?,13?,14?,15-,16+,17+,18+,19+,20+,21?,22?,23?,24?,25+,26-/m1/s1. The van der Waals surface area contributed by atoms with Crippen LogP contribution in [0.3, 0.4) is 0 Å². The molecule has 0 aromatic carbocycles. The van der Waals surface area contributed by atoms with Crippen LogP contribution in [0.2, 0.25) is 0 Å². The molecule has 0 saturated carbocycles. The molecule has 3 fully saturated rings. The maximum atomic E-state index is 13.0. The second-order valence-corrected chi connectivity index (χ2v) is 16.4. The molecule has 3 rings (SSSR count). The first-order valence-electron chi connectivity index (χ1n) is 16.4. The lowest BCUT2D eigenvalue weighted by atomic mass is 9.97. The number of hydrogen-bond acceptors (Lipinski definition) is 17. The van der Waals surface area contributed by atoms with E-state index in [9.17, 15) is 13.9 Å². The zero-order chi connectivity index (χ0) is 39.1. The summed E-state index contributed by atoms with van der Waals surface area (Å²) in [5.41, 5.74) is -1.86. The fraction of sp³-hybridized carbons (Fsp3) is 0.962. The van der Waals surface area contributed by atoms with Crippen molar-refractivity contribution in [2.45, 2.75) is 124 Å². The van der Waals surface area contributed by atoms with Gasteiger partial charge in [-0.1, -0.05) is 13.3 Å². The third-order valence-corrected chi connectivity index (χ3v) is 12.9. The van der Waals surface area contributed by atoms with Crippen LogP contribution in [0.5, 0.6) is 0 Å². The summed E-state index contributed by atoms with van der Waals surface area (Å²) in [5, 5.41) is 0. The zero-order valence-electron chi connectivity index (χ0n) is 29.1. The number of carbonyl (C=O) groups excluding carboxylic acids is 1. The van der Waals surface area contributed by atoms with Gasteiger partial charge >= 0.3 is 0 Å². The topological polar surface area (TPSA) is 180 Å². The molecule has 0 N–H and O–H groups in total. The van der Waals surface area contributed by atoms with E-state index in [1.165, 1.54) is 0 Å². The molecule has 0 spiro atoms. The number of carbonyl (C=O) groups is 1.